The summed E-state index contributed by atoms with van der Waals surface area (Å²) in [6.45, 7) is 7.43. The Morgan fingerprint density at radius 2 is 1.15 bits per heavy atom. The third-order valence-corrected chi connectivity index (χ3v) is 9.98. The van der Waals surface area contributed by atoms with Gasteiger partial charge in [0.05, 0.1) is 33.5 Å². The average molecular weight is 826 g/mol. The lowest BCUT2D eigenvalue weighted by molar-refractivity contribution is -0.134. The number of methoxy groups -OCH3 is 3. The number of aliphatic hydroxyl groups excluding tert-OH is 1. The Labute approximate surface area is 352 Å². The van der Waals surface area contributed by atoms with E-state index in [9.17, 15) is 24.3 Å². The Kier molecular flexibility index (Phi) is 18.2. The van der Waals surface area contributed by atoms with Crippen molar-refractivity contribution in [2.24, 2.45) is 11.8 Å². The van der Waals surface area contributed by atoms with Crippen molar-refractivity contribution < 1.29 is 43.2 Å². The van der Waals surface area contributed by atoms with E-state index in [1.807, 2.05) is 72.8 Å². The van der Waals surface area contributed by atoms with Gasteiger partial charge in [-0.3, -0.25) is 19.7 Å². The number of carbonyl (C=O) groups excluding carboxylic acids is 4. The number of amides is 4. The Bertz CT molecular complexity index is 1960. The molecule has 0 fully saturated rings. The van der Waals surface area contributed by atoms with Crippen LogP contribution in [-0.2, 0) is 45.2 Å². The fourth-order valence-corrected chi connectivity index (χ4v) is 6.46. The minimum atomic E-state index is -1.54. The molecule has 14 nitrogen and oxygen atoms in total. The first-order chi connectivity index (χ1) is 28.8. The maximum atomic E-state index is 14.4. The molecule has 0 unspecified atom stereocenters. The van der Waals surface area contributed by atoms with Gasteiger partial charge in [0, 0.05) is 24.7 Å². The average Bonchev–Trinajstić information content (AvgIpc) is 3.26. The second-order valence-electron chi connectivity index (χ2n) is 15.1. The zero-order valence-corrected chi connectivity index (χ0v) is 35.4. The molecule has 0 saturated carbocycles. The number of rotatable bonds is 22. The van der Waals surface area contributed by atoms with E-state index in [-0.39, 0.29) is 38.0 Å². The van der Waals surface area contributed by atoms with Crippen LogP contribution < -0.4 is 40.8 Å². The van der Waals surface area contributed by atoms with Gasteiger partial charge in [-0.05, 0) is 59.2 Å². The molecule has 0 aliphatic heterocycles. The van der Waals surface area contributed by atoms with Gasteiger partial charge in [0.25, 0.3) is 0 Å². The van der Waals surface area contributed by atoms with Gasteiger partial charge in [0.1, 0.15) is 42.0 Å². The van der Waals surface area contributed by atoms with Crippen LogP contribution in [0, 0.1) is 11.8 Å². The lowest BCUT2D eigenvalue weighted by Gasteiger charge is -2.33. The largest absolute Gasteiger partial charge is 0.497 e. The number of hydrogen-bond donors (Lipinski definition) is 6. The maximum Gasteiger partial charge on any atom is 0.408 e. The highest BCUT2D eigenvalue weighted by molar-refractivity contribution is 5.91. The van der Waals surface area contributed by atoms with Gasteiger partial charge in [-0.2, -0.15) is 0 Å². The molecule has 4 aromatic carbocycles. The highest BCUT2D eigenvalue weighted by Gasteiger charge is 2.38. The summed E-state index contributed by atoms with van der Waals surface area (Å²) in [5.41, 5.74) is 3.05. The molecule has 5 atom stereocenters. The van der Waals surface area contributed by atoms with Crippen molar-refractivity contribution in [3.8, 4) is 17.2 Å². The highest BCUT2D eigenvalue weighted by atomic mass is 16.5. The lowest BCUT2D eigenvalue weighted by atomic mass is 9.93. The van der Waals surface area contributed by atoms with E-state index in [4.69, 9.17) is 18.9 Å². The molecule has 6 N–H and O–H groups in total. The van der Waals surface area contributed by atoms with E-state index in [0.717, 1.165) is 16.7 Å². The van der Waals surface area contributed by atoms with Crippen molar-refractivity contribution in [2.45, 2.75) is 84.1 Å². The van der Waals surface area contributed by atoms with Crippen LogP contribution >= 0.6 is 0 Å². The summed E-state index contributed by atoms with van der Waals surface area (Å²) in [6, 6.07) is 26.4. The van der Waals surface area contributed by atoms with Crippen LogP contribution in [0.25, 0.3) is 0 Å². The third kappa shape index (κ3) is 14.0. The highest BCUT2D eigenvalue weighted by Crippen LogP contribution is 2.24. The predicted octanol–water partition coefficient (Wildman–Crippen LogP) is 4.67. The Hall–Kier alpha value is -6.12. The number of benzene rings is 4. The standard InChI is InChI=1S/C46H59N5O9/c1-29(2)39(43(53)48-27-34-20-23-36(58-6)25-38(34)59-7)50-45(55)41(47-26-32-18-21-35(57-5)22-19-32)42(52)37(24-31-14-10-8-11-15-31)49-44(54)40(30(3)4)51-46(56)60-28-33-16-12-9-13-17-33/h8-23,25,29-30,37,39-42,47,52H,24,26-28H2,1-7H3,(H,48,53)(H,49,54)(H,50,55)(H,51,56)/t37-,39-,40-,41+,42-/m0/s1. The topological polar surface area (TPSA) is 186 Å². The van der Waals surface area contributed by atoms with Crippen molar-refractivity contribution in [3.63, 3.8) is 0 Å². The van der Waals surface area contributed by atoms with Crippen LogP contribution in [-0.4, -0.2) is 80.5 Å². The quantitative estimate of drug-likeness (QED) is 0.0651. The van der Waals surface area contributed by atoms with E-state index < -0.39 is 54.1 Å². The van der Waals surface area contributed by atoms with Gasteiger partial charge in [0.2, 0.25) is 17.7 Å². The summed E-state index contributed by atoms with van der Waals surface area (Å²) in [7, 11) is 4.63. The van der Waals surface area contributed by atoms with Gasteiger partial charge >= 0.3 is 6.09 Å². The summed E-state index contributed by atoms with van der Waals surface area (Å²) in [5.74, 6) is -0.652. The van der Waals surface area contributed by atoms with E-state index in [0.29, 0.717) is 22.8 Å². The number of hydrogen-bond acceptors (Lipinski definition) is 10. The van der Waals surface area contributed by atoms with E-state index >= 15 is 0 Å². The first kappa shape index (κ1) is 46.6. The molecular formula is C46H59N5O9. The van der Waals surface area contributed by atoms with E-state index in [2.05, 4.69) is 26.6 Å². The molecule has 4 amide bonds. The number of ether oxygens (including phenoxy) is 4. The van der Waals surface area contributed by atoms with E-state index in [1.165, 1.54) is 7.11 Å². The maximum absolute atomic E-state index is 14.4. The summed E-state index contributed by atoms with van der Waals surface area (Å²) in [4.78, 5) is 55.2. The van der Waals surface area contributed by atoms with Crippen LogP contribution in [0.2, 0.25) is 0 Å². The molecule has 0 bridgehead atoms. The number of nitrogens with one attached hydrogen (secondary N) is 5. The van der Waals surface area contributed by atoms with Gasteiger partial charge in [-0.1, -0.05) is 100 Å². The summed E-state index contributed by atoms with van der Waals surface area (Å²) in [6.07, 6.45) is -2.19. The molecule has 0 radical (unpaired) electrons. The molecule has 60 heavy (non-hydrogen) atoms. The van der Waals surface area contributed by atoms with Crippen molar-refractivity contribution in [1.29, 1.82) is 0 Å². The number of aliphatic hydroxyl groups is 1. The van der Waals surface area contributed by atoms with Crippen LogP contribution in [0.15, 0.2) is 103 Å². The van der Waals surface area contributed by atoms with Gasteiger partial charge < -0.3 is 45.3 Å². The third-order valence-electron chi connectivity index (χ3n) is 9.98. The van der Waals surface area contributed by atoms with Gasteiger partial charge in [-0.15, -0.1) is 0 Å². The summed E-state index contributed by atoms with van der Waals surface area (Å²) in [5, 5.41) is 26.8. The van der Waals surface area contributed by atoms with Crippen LogP contribution in [0.1, 0.15) is 49.9 Å². The molecule has 0 saturated heterocycles. The second-order valence-corrected chi connectivity index (χ2v) is 15.1. The van der Waals surface area contributed by atoms with E-state index in [1.54, 1.807) is 72.2 Å². The Morgan fingerprint density at radius 3 is 1.73 bits per heavy atom. The smallest absolute Gasteiger partial charge is 0.408 e. The molecule has 322 valence electrons. The Morgan fingerprint density at radius 1 is 0.583 bits per heavy atom. The first-order valence-corrected chi connectivity index (χ1v) is 20.0. The lowest BCUT2D eigenvalue weighted by Crippen LogP contribution is -2.63. The zero-order chi connectivity index (χ0) is 43.6. The fourth-order valence-electron chi connectivity index (χ4n) is 6.46. The molecule has 14 heteroatoms. The Balaban J connectivity index is 1.59. The summed E-state index contributed by atoms with van der Waals surface area (Å²) < 4.78 is 21.5. The summed E-state index contributed by atoms with van der Waals surface area (Å²) >= 11 is 0. The molecule has 0 spiro atoms. The van der Waals surface area contributed by atoms with Crippen LogP contribution in [0.5, 0.6) is 17.2 Å². The molecule has 4 rings (SSSR count). The minimum Gasteiger partial charge on any atom is -0.497 e. The molecule has 0 aliphatic rings. The number of alkyl carbamates (subject to hydrolysis) is 1. The monoisotopic (exact) mass is 825 g/mol. The van der Waals surface area contributed by atoms with Crippen molar-refractivity contribution >= 4 is 23.8 Å². The predicted molar refractivity (Wildman–Crippen MR) is 228 cm³/mol. The van der Waals surface area contributed by atoms with Gasteiger partial charge in [-0.25, -0.2) is 4.79 Å². The molecule has 4 aromatic rings. The van der Waals surface area contributed by atoms with Crippen molar-refractivity contribution in [2.75, 3.05) is 21.3 Å². The van der Waals surface area contributed by atoms with Crippen molar-refractivity contribution in [1.82, 2.24) is 26.6 Å². The first-order valence-electron chi connectivity index (χ1n) is 20.0. The molecule has 0 aliphatic carbocycles. The van der Waals surface area contributed by atoms with Gasteiger partial charge in [0.15, 0.2) is 0 Å². The van der Waals surface area contributed by atoms with Crippen LogP contribution in [0.4, 0.5) is 4.79 Å². The van der Waals surface area contributed by atoms with Crippen LogP contribution in [0.3, 0.4) is 0 Å². The number of carbonyl (C=O) groups is 4. The van der Waals surface area contributed by atoms with Crippen molar-refractivity contribution in [3.05, 3.63) is 125 Å². The molecule has 0 aromatic heterocycles. The minimum absolute atomic E-state index is 0.0101. The molecule has 0 heterocycles. The molecular weight excluding hydrogens is 767 g/mol. The second kappa shape index (κ2) is 23.5. The fraction of sp³-hybridized carbons (Fsp3) is 0.391. The zero-order valence-electron chi connectivity index (χ0n) is 35.4. The SMILES string of the molecule is COc1ccc(CN[C@@H](C(=O)N[C@H](C(=O)NCc2ccc(OC)cc2OC)C(C)C)[C@@H](O)[C@H](Cc2ccccc2)NC(=O)[C@@H](NC(=O)OCc2ccccc2)C(C)C)cc1. The normalized spacial score (nSPS) is 13.6.